The first-order valence-corrected chi connectivity index (χ1v) is 7.71. The van der Waals surface area contributed by atoms with Crippen LogP contribution in [0.3, 0.4) is 0 Å². The number of benzene rings is 1. The Kier molecular flexibility index (Phi) is 5.13. The van der Waals surface area contributed by atoms with Crippen LogP contribution in [0, 0.1) is 5.82 Å². The van der Waals surface area contributed by atoms with Gasteiger partial charge in [-0.2, -0.15) is 12.6 Å². The molecule has 0 radical (unpaired) electrons. The van der Waals surface area contributed by atoms with Crippen molar-refractivity contribution in [1.29, 1.82) is 0 Å². The molecular weight excluding hydrogens is 283 g/mol. The third-order valence-electron chi connectivity index (χ3n) is 2.91. The Bertz CT molecular complexity index is 482. The number of hydrogen-bond acceptors (Lipinski definition) is 5. The number of hydrogen-bond donors (Lipinski definition) is 2. The number of rotatable bonds is 5. The Labute approximate surface area is 122 Å². The third-order valence-corrected chi connectivity index (χ3v) is 4.26. The summed E-state index contributed by atoms with van der Waals surface area (Å²) in [5.41, 5.74) is 0.616. The number of halogens is 1. The summed E-state index contributed by atoms with van der Waals surface area (Å²) in [4.78, 5) is 6.79. The van der Waals surface area contributed by atoms with E-state index < -0.39 is 5.82 Å². The molecule has 0 bridgehead atoms. The lowest BCUT2D eigenvalue weighted by Crippen LogP contribution is -2.29. The van der Waals surface area contributed by atoms with Crippen molar-refractivity contribution in [3.8, 4) is 5.75 Å². The van der Waals surface area contributed by atoms with Gasteiger partial charge in [-0.05, 0) is 19.2 Å². The second kappa shape index (κ2) is 6.63. The van der Waals surface area contributed by atoms with Gasteiger partial charge in [-0.15, -0.1) is 11.8 Å². The van der Waals surface area contributed by atoms with E-state index in [0.717, 1.165) is 35.7 Å². The van der Waals surface area contributed by atoms with Gasteiger partial charge >= 0.3 is 0 Å². The molecule has 0 saturated carbocycles. The molecule has 0 spiro atoms. The van der Waals surface area contributed by atoms with Crippen LogP contribution < -0.4 is 0 Å². The molecule has 0 aromatic heterocycles. The van der Waals surface area contributed by atoms with Crippen LogP contribution >= 0.6 is 24.4 Å². The van der Waals surface area contributed by atoms with Crippen molar-refractivity contribution < 1.29 is 9.50 Å². The summed E-state index contributed by atoms with van der Waals surface area (Å²) in [5.74, 6) is 1.24. The highest BCUT2D eigenvalue weighted by molar-refractivity contribution is 8.14. The van der Waals surface area contributed by atoms with Gasteiger partial charge in [-0.25, -0.2) is 4.39 Å². The largest absolute Gasteiger partial charge is 0.507 e. The van der Waals surface area contributed by atoms with Gasteiger partial charge in [-0.3, -0.25) is 4.99 Å². The van der Waals surface area contributed by atoms with E-state index >= 15 is 0 Å². The maximum Gasteiger partial charge on any atom is 0.128 e. The van der Waals surface area contributed by atoms with Crippen LogP contribution in [0.5, 0.6) is 5.75 Å². The number of aromatic hydroxyl groups is 1. The maximum absolute atomic E-state index is 12.9. The van der Waals surface area contributed by atoms with Crippen molar-refractivity contribution in [2.45, 2.75) is 6.04 Å². The summed E-state index contributed by atoms with van der Waals surface area (Å²) in [7, 11) is 2.05. The van der Waals surface area contributed by atoms with Crippen LogP contribution in [-0.4, -0.2) is 52.7 Å². The fourth-order valence-electron chi connectivity index (χ4n) is 1.96. The SMILES string of the molecule is CN(CCS)CC1CSC(c2ccc(F)cc2O)=N1. The van der Waals surface area contributed by atoms with Crippen LogP contribution in [-0.2, 0) is 0 Å². The van der Waals surface area contributed by atoms with E-state index in [1.165, 1.54) is 6.07 Å². The topological polar surface area (TPSA) is 35.8 Å². The summed E-state index contributed by atoms with van der Waals surface area (Å²) in [6, 6.07) is 4.27. The van der Waals surface area contributed by atoms with E-state index in [2.05, 4.69) is 22.5 Å². The summed E-state index contributed by atoms with van der Waals surface area (Å²) in [6.45, 7) is 1.80. The fourth-order valence-corrected chi connectivity index (χ4v) is 3.39. The lowest BCUT2D eigenvalue weighted by Gasteiger charge is -2.17. The number of aliphatic imine (C=N–C) groups is 1. The van der Waals surface area contributed by atoms with Gasteiger partial charge in [0.1, 0.15) is 16.6 Å². The zero-order valence-corrected chi connectivity index (χ0v) is 12.4. The minimum absolute atomic E-state index is 0.0457. The number of likely N-dealkylation sites (N-methyl/N-ethyl adjacent to an activating group) is 1. The lowest BCUT2D eigenvalue weighted by atomic mass is 10.2. The zero-order chi connectivity index (χ0) is 13.8. The molecule has 1 aliphatic heterocycles. The first kappa shape index (κ1) is 14.7. The van der Waals surface area contributed by atoms with Crippen molar-refractivity contribution in [2.24, 2.45) is 4.99 Å². The van der Waals surface area contributed by atoms with Crippen LogP contribution in [0.2, 0.25) is 0 Å². The molecule has 6 heteroatoms. The number of nitrogens with zero attached hydrogens (tertiary/aromatic N) is 2. The molecule has 1 aliphatic rings. The smallest absolute Gasteiger partial charge is 0.128 e. The molecule has 3 nitrogen and oxygen atoms in total. The maximum atomic E-state index is 12.9. The summed E-state index contributed by atoms with van der Waals surface area (Å²) in [6.07, 6.45) is 0. The van der Waals surface area contributed by atoms with E-state index in [0.29, 0.717) is 5.56 Å². The van der Waals surface area contributed by atoms with Gasteiger partial charge in [0.05, 0.1) is 6.04 Å². The zero-order valence-electron chi connectivity index (χ0n) is 10.7. The number of phenols is 1. The quantitative estimate of drug-likeness (QED) is 0.819. The monoisotopic (exact) mass is 300 g/mol. The predicted molar refractivity (Wildman–Crippen MR) is 82.2 cm³/mol. The summed E-state index contributed by atoms with van der Waals surface area (Å²) >= 11 is 5.81. The van der Waals surface area contributed by atoms with Crippen molar-refractivity contribution in [3.05, 3.63) is 29.6 Å². The van der Waals surface area contributed by atoms with Crippen molar-refractivity contribution >= 4 is 29.4 Å². The molecule has 1 atom stereocenters. The number of phenolic OH excluding ortho intramolecular Hbond substituents is 1. The third kappa shape index (κ3) is 3.87. The molecule has 0 aliphatic carbocycles. The summed E-state index contributed by atoms with van der Waals surface area (Å²) < 4.78 is 12.9. The Hall–Kier alpha value is -0.720. The van der Waals surface area contributed by atoms with Crippen molar-refractivity contribution in [1.82, 2.24) is 4.90 Å². The van der Waals surface area contributed by atoms with E-state index in [-0.39, 0.29) is 11.8 Å². The molecule has 0 saturated heterocycles. The van der Waals surface area contributed by atoms with Gasteiger partial charge in [0.2, 0.25) is 0 Å². The Balaban J connectivity index is 2.06. The van der Waals surface area contributed by atoms with E-state index in [1.807, 2.05) is 7.05 Å². The first-order chi connectivity index (χ1) is 9.10. The molecule has 1 aromatic rings. The molecular formula is C13H17FN2OS2. The van der Waals surface area contributed by atoms with Crippen molar-refractivity contribution in [2.75, 3.05) is 31.6 Å². The first-order valence-electron chi connectivity index (χ1n) is 6.09. The molecule has 19 heavy (non-hydrogen) atoms. The predicted octanol–water partition coefficient (Wildman–Crippen LogP) is 2.25. The van der Waals surface area contributed by atoms with Crippen molar-refractivity contribution in [3.63, 3.8) is 0 Å². The Morgan fingerprint density at radius 3 is 3.05 bits per heavy atom. The molecule has 1 aromatic carbocycles. The van der Waals surface area contributed by atoms with Gasteiger partial charge in [0.15, 0.2) is 0 Å². The minimum atomic E-state index is -0.435. The molecule has 1 N–H and O–H groups in total. The molecule has 1 heterocycles. The molecule has 2 rings (SSSR count). The minimum Gasteiger partial charge on any atom is -0.507 e. The number of thioether (sulfide) groups is 1. The number of thiol groups is 1. The van der Waals surface area contributed by atoms with Gasteiger partial charge in [0.25, 0.3) is 0 Å². The second-order valence-electron chi connectivity index (χ2n) is 4.55. The van der Waals surface area contributed by atoms with Crippen LogP contribution in [0.4, 0.5) is 4.39 Å². The molecule has 1 unspecified atom stereocenters. The normalized spacial score (nSPS) is 18.9. The average Bonchev–Trinajstić information content (AvgIpc) is 2.77. The van der Waals surface area contributed by atoms with Crippen LogP contribution in [0.15, 0.2) is 23.2 Å². The Morgan fingerprint density at radius 2 is 2.37 bits per heavy atom. The van der Waals surface area contributed by atoms with E-state index in [4.69, 9.17) is 0 Å². The van der Waals surface area contributed by atoms with Crippen LogP contribution in [0.25, 0.3) is 0 Å². The highest BCUT2D eigenvalue weighted by Gasteiger charge is 2.22. The fraction of sp³-hybridized carbons (Fsp3) is 0.462. The molecule has 104 valence electrons. The van der Waals surface area contributed by atoms with Gasteiger partial charge in [0, 0.05) is 36.2 Å². The van der Waals surface area contributed by atoms with Crippen LogP contribution in [0.1, 0.15) is 5.56 Å². The lowest BCUT2D eigenvalue weighted by molar-refractivity contribution is 0.340. The van der Waals surface area contributed by atoms with E-state index in [9.17, 15) is 9.50 Å². The van der Waals surface area contributed by atoms with E-state index in [1.54, 1.807) is 17.8 Å². The highest BCUT2D eigenvalue weighted by atomic mass is 32.2. The molecule has 0 fully saturated rings. The highest BCUT2D eigenvalue weighted by Crippen LogP contribution is 2.29. The summed E-state index contributed by atoms with van der Waals surface area (Å²) in [5, 5.41) is 10.5. The van der Waals surface area contributed by atoms with Gasteiger partial charge < -0.3 is 10.0 Å². The van der Waals surface area contributed by atoms with Gasteiger partial charge in [-0.1, -0.05) is 0 Å². The Morgan fingerprint density at radius 1 is 1.58 bits per heavy atom. The standard InChI is InChI=1S/C13H17FN2OS2/c1-16(4-5-18)7-10-8-19-13(15-10)11-3-2-9(14)6-12(11)17/h2-3,6,10,17-18H,4-5,7-8H2,1H3. The average molecular weight is 300 g/mol. The second-order valence-corrected chi connectivity index (χ2v) is 6.00. The molecule has 0 amide bonds.